The Morgan fingerprint density at radius 1 is 1.23 bits per heavy atom. The van der Waals surface area contributed by atoms with Gasteiger partial charge >= 0.3 is 6.18 Å². The third-order valence-electron chi connectivity index (χ3n) is 6.15. The Bertz CT molecular complexity index is 1240. The Hall–Kier alpha value is -3.74. The number of anilines is 1. The molecule has 2 aromatic heterocycles. The van der Waals surface area contributed by atoms with Crippen LogP contribution in [-0.2, 0) is 17.4 Å². The third-order valence-corrected chi connectivity index (χ3v) is 6.15. The van der Waals surface area contributed by atoms with E-state index in [0.717, 1.165) is 5.56 Å². The first-order valence-electron chi connectivity index (χ1n) is 11.4. The van der Waals surface area contributed by atoms with E-state index in [9.17, 15) is 18.0 Å². The molecule has 0 amide bonds. The number of Topliss-reactive ketones (excluding diaryl/α,β-unsaturated/α-hetero) is 1. The number of rotatable bonds is 7. The summed E-state index contributed by atoms with van der Waals surface area (Å²) in [5.74, 6) is -0.853. The second-order valence-electron chi connectivity index (χ2n) is 8.61. The summed E-state index contributed by atoms with van der Waals surface area (Å²) in [7, 11) is 0. The molecule has 4 rings (SSSR count). The average molecular weight is 483 g/mol. The third kappa shape index (κ3) is 5.34. The van der Waals surface area contributed by atoms with Crippen LogP contribution in [0, 0.1) is 25.2 Å². The van der Waals surface area contributed by atoms with Gasteiger partial charge in [0.2, 0.25) is 5.82 Å². The molecule has 1 aliphatic heterocycles. The quantitative estimate of drug-likeness (QED) is 0.456. The Kier molecular flexibility index (Phi) is 6.87. The number of nitrogens with zero attached hydrogens (tertiary/aromatic N) is 5. The Morgan fingerprint density at radius 3 is 2.60 bits per heavy atom. The van der Waals surface area contributed by atoms with Crippen molar-refractivity contribution in [1.82, 2.24) is 15.1 Å². The molecule has 1 atom stereocenters. The van der Waals surface area contributed by atoms with Crippen molar-refractivity contribution in [3.05, 3.63) is 58.7 Å². The van der Waals surface area contributed by atoms with E-state index in [1.807, 2.05) is 12.1 Å². The van der Waals surface area contributed by atoms with Gasteiger partial charge in [-0.15, -0.1) is 0 Å². The van der Waals surface area contributed by atoms with Crippen LogP contribution >= 0.6 is 0 Å². The molecular weight excluding hydrogens is 459 g/mol. The highest BCUT2D eigenvalue weighted by Gasteiger charge is 2.38. The molecular formula is C25H24F3N5O2. The maximum atomic E-state index is 13.6. The molecule has 182 valence electrons. The van der Waals surface area contributed by atoms with Crippen molar-refractivity contribution < 1.29 is 22.5 Å². The van der Waals surface area contributed by atoms with E-state index < -0.39 is 18.0 Å². The zero-order valence-corrected chi connectivity index (χ0v) is 19.4. The molecule has 0 unspecified atom stereocenters. The van der Waals surface area contributed by atoms with E-state index in [1.54, 1.807) is 30.9 Å². The number of carbonyl (C=O) groups is 1. The number of benzene rings is 1. The molecule has 10 heteroatoms. The minimum atomic E-state index is -4.75. The molecule has 0 radical (unpaired) electrons. The van der Waals surface area contributed by atoms with Gasteiger partial charge in [0.1, 0.15) is 11.6 Å². The lowest BCUT2D eigenvalue weighted by atomic mass is 10.0. The van der Waals surface area contributed by atoms with Gasteiger partial charge in [-0.05, 0) is 57.2 Å². The van der Waals surface area contributed by atoms with E-state index in [0.29, 0.717) is 61.2 Å². The van der Waals surface area contributed by atoms with Gasteiger partial charge in [0.25, 0.3) is 0 Å². The monoisotopic (exact) mass is 483 g/mol. The van der Waals surface area contributed by atoms with E-state index in [2.05, 4.69) is 21.2 Å². The molecule has 1 fully saturated rings. The fourth-order valence-electron chi connectivity index (χ4n) is 4.44. The van der Waals surface area contributed by atoms with Crippen LogP contribution in [0.15, 0.2) is 34.9 Å². The largest absolute Gasteiger partial charge is 0.451 e. The maximum absolute atomic E-state index is 13.6. The summed E-state index contributed by atoms with van der Waals surface area (Å²) < 4.78 is 46.0. The van der Waals surface area contributed by atoms with Gasteiger partial charge < -0.3 is 9.42 Å². The summed E-state index contributed by atoms with van der Waals surface area (Å²) in [4.78, 5) is 22.2. The van der Waals surface area contributed by atoms with E-state index >= 15 is 0 Å². The minimum absolute atomic E-state index is 0.0257. The first-order chi connectivity index (χ1) is 16.7. The second kappa shape index (κ2) is 9.86. The number of halogens is 3. The number of aryl methyl sites for hydroxylation is 3. The smallest absolute Gasteiger partial charge is 0.361 e. The number of aromatic nitrogens is 3. The summed E-state index contributed by atoms with van der Waals surface area (Å²) in [6, 6.07) is 10.2. The summed E-state index contributed by atoms with van der Waals surface area (Å²) >= 11 is 0. The molecule has 1 saturated heterocycles. The van der Waals surface area contributed by atoms with Crippen molar-refractivity contribution >= 4 is 11.6 Å². The van der Waals surface area contributed by atoms with Crippen molar-refractivity contribution in [1.29, 1.82) is 5.26 Å². The van der Waals surface area contributed by atoms with Crippen LogP contribution in [-0.4, -0.2) is 33.5 Å². The highest BCUT2D eigenvalue weighted by molar-refractivity contribution is 5.87. The normalized spacial score (nSPS) is 15.9. The molecule has 0 bridgehead atoms. The first-order valence-corrected chi connectivity index (χ1v) is 11.4. The fraction of sp³-hybridized carbons (Fsp3) is 0.400. The van der Waals surface area contributed by atoms with Crippen molar-refractivity contribution in [2.24, 2.45) is 0 Å². The number of hydrogen-bond acceptors (Lipinski definition) is 7. The zero-order valence-electron chi connectivity index (χ0n) is 19.4. The molecule has 3 heterocycles. The van der Waals surface area contributed by atoms with E-state index in [-0.39, 0.29) is 17.3 Å². The number of carbonyl (C=O) groups excluding carboxylic acids is 1. The summed E-state index contributed by atoms with van der Waals surface area (Å²) in [6.07, 6.45) is -1.93. The van der Waals surface area contributed by atoms with E-state index in [1.165, 1.54) is 6.07 Å². The predicted molar refractivity (Wildman–Crippen MR) is 121 cm³/mol. The number of hydrogen-bond donors (Lipinski definition) is 0. The highest BCUT2D eigenvalue weighted by atomic mass is 19.4. The van der Waals surface area contributed by atoms with Crippen LogP contribution < -0.4 is 4.90 Å². The molecule has 0 saturated carbocycles. The van der Waals surface area contributed by atoms with Gasteiger partial charge in [0.15, 0.2) is 5.78 Å². The lowest BCUT2D eigenvalue weighted by molar-refractivity contribution is -0.144. The Morgan fingerprint density at radius 2 is 1.97 bits per heavy atom. The molecule has 0 aliphatic carbocycles. The maximum Gasteiger partial charge on any atom is 0.451 e. The van der Waals surface area contributed by atoms with Crippen molar-refractivity contribution in [2.75, 3.05) is 11.4 Å². The number of alkyl halides is 3. The van der Waals surface area contributed by atoms with Gasteiger partial charge in [0.05, 0.1) is 34.6 Å². The fourth-order valence-corrected chi connectivity index (χ4v) is 4.44. The molecule has 7 nitrogen and oxygen atoms in total. The summed E-state index contributed by atoms with van der Waals surface area (Å²) in [5, 5.41) is 12.7. The van der Waals surface area contributed by atoms with Crippen LogP contribution in [0.25, 0.3) is 11.3 Å². The van der Waals surface area contributed by atoms with E-state index in [4.69, 9.17) is 9.78 Å². The average Bonchev–Trinajstić information content (AvgIpc) is 3.45. The van der Waals surface area contributed by atoms with Crippen LogP contribution in [0.5, 0.6) is 0 Å². The summed E-state index contributed by atoms with van der Waals surface area (Å²) in [6.45, 7) is 3.68. The molecule has 0 spiro atoms. The zero-order chi connectivity index (χ0) is 25.2. The lowest BCUT2D eigenvalue weighted by Gasteiger charge is -2.25. The molecule has 1 aliphatic rings. The summed E-state index contributed by atoms with van der Waals surface area (Å²) in [5.41, 5.74) is 2.48. The SMILES string of the molecule is Cc1noc(C)c1-c1cc(N2CCC[C@H]2C(=O)CCCc2ccc(C#N)cc2)nc(C(F)(F)F)n1. The molecule has 35 heavy (non-hydrogen) atoms. The van der Waals surface area contributed by atoms with Crippen molar-refractivity contribution in [2.45, 2.75) is 58.2 Å². The Labute approximate surface area is 200 Å². The van der Waals surface area contributed by atoms with Crippen LogP contribution in [0.3, 0.4) is 0 Å². The van der Waals surface area contributed by atoms with Crippen molar-refractivity contribution in [3.8, 4) is 17.3 Å². The second-order valence-corrected chi connectivity index (χ2v) is 8.61. The standard InChI is InChI=1S/C25H24F3N5O2/c1-15-23(16(2)35-32-15)19-13-22(31-24(30-19)25(26,27)28)33-12-4-6-20(33)21(34)7-3-5-17-8-10-18(14-29)11-9-17/h8-11,13,20H,3-7,12H2,1-2H3/t20-/m0/s1. The van der Waals surface area contributed by atoms with Crippen molar-refractivity contribution in [3.63, 3.8) is 0 Å². The first kappa shape index (κ1) is 24.4. The van der Waals surface area contributed by atoms with Gasteiger partial charge in [-0.1, -0.05) is 17.3 Å². The van der Waals surface area contributed by atoms with Gasteiger partial charge in [-0.25, -0.2) is 9.97 Å². The van der Waals surface area contributed by atoms with Gasteiger partial charge in [0, 0.05) is 19.0 Å². The van der Waals surface area contributed by atoms with Gasteiger partial charge in [-0.3, -0.25) is 4.79 Å². The number of ketones is 1. The highest BCUT2D eigenvalue weighted by Crippen LogP contribution is 2.35. The van der Waals surface area contributed by atoms with Crippen LogP contribution in [0.4, 0.5) is 19.0 Å². The van der Waals surface area contributed by atoms with Gasteiger partial charge in [-0.2, -0.15) is 18.4 Å². The molecule has 0 N–H and O–H groups in total. The topological polar surface area (TPSA) is 95.9 Å². The predicted octanol–water partition coefficient (Wildman–Crippen LogP) is 5.20. The number of nitriles is 1. The lowest BCUT2D eigenvalue weighted by Crippen LogP contribution is -2.37. The van der Waals surface area contributed by atoms with Crippen LogP contribution in [0.1, 0.15) is 54.1 Å². The molecule has 3 aromatic rings. The Balaban J connectivity index is 1.54. The van der Waals surface area contributed by atoms with Crippen LogP contribution in [0.2, 0.25) is 0 Å². The minimum Gasteiger partial charge on any atom is -0.361 e. The molecule has 1 aromatic carbocycles.